The predicted octanol–water partition coefficient (Wildman–Crippen LogP) is 3.51. The minimum Gasteiger partial charge on any atom is -0.494 e. The van der Waals surface area contributed by atoms with Crippen LogP contribution in [0.25, 0.3) is 0 Å². The van der Waals surface area contributed by atoms with Crippen LogP contribution in [0.5, 0.6) is 5.75 Å². The van der Waals surface area contributed by atoms with Crippen molar-refractivity contribution in [2.24, 2.45) is 0 Å². The number of rotatable bonds is 6. The van der Waals surface area contributed by atoms with Gasteiger partial charge in [0.25, 0.3) is 5.91 Å². The number of benzene rings is 1. The van der Waals surface area contributed by atoms with Crippen molar-refractivity contribution in [3.8, 4) is 5.75 Å². The lowest BCUT2D eigenvalue weighted by atomic mass is 10.2. The van der Waals surface area contributed by atoms with Gasteiger partial charge in [-0.3, -0.25) is 9.78 Å². The SMILES string of the molecule is CCCCOc1cccc(C(=O)Nc2cccnc2)c1. The second kappa shape index (κ2) is 7.28. The highest BCUT2D eigenvalue weighted by molar-refractivity contribution is 6.04. The first-order valence-electron chi connectivity index (χ1n) is 6.74. The first kappa shape index (κ1) is 14.1. The van der Waals surface area contributed by atoms with Crippen LogP contribution in [0.2, 0.25) is 0 Å². The van der Waals surface area contributed by atoms with E-state index in [4.69, 9.17) is 4.74 Å². The van der Waals surface area contributed by atoms with Crippen molar-refractivity contribution in [2.75, 3.05) is 11.9 Å². The molecule has 4 heteroatoms. The van der Waals surface area contributed by atoms with Crippen LogP contribution in [0.1, 0.15) is 30.1 Å². The standard InChI is InChI=1S/C16H18N2O2/c1-2-3-10-20-15-8-4-6-13(11-15)16(19)18-14-7-5-9-17-12-14/h4-9,11-12H,2-3,10H2,1H3,(H,18,19). The average Bonchev–Trinajstić information content (AvgIpc) is 2.49. The fraction of sp³-hybridized carbons (Fsp3) is 0.250. The molecule has 0 aliphatic rings. The van der Waals surface area contributed by atoms with E-state index in [1.807, 2.05) is 12.1 Å². The third-order valence-electron chi connectivity index (χ3n) is 2.78. The highest BCUT2D eigenvalue weighted by Crippen LogP contribution is 2.15. The molecule has 0 spiro atoms. The van der Waals surface area contributed by atoms with Crippen LogP contribution in [0.3, 0.4) is 0 Å². The Morgan fingerprint density at radius 2 is 2.20 bits per heavy atom. The molecule has 0 aliphatic carbocycles. The van der Waals surface area contributed by atoms with Gasteiger partial charge < -0.3 is 10.1 Å². The number of unbranched alkanes of at least 4 members (excludes halogenated alkanes) is 1. The van der Waals surface area contributed by atoms with Crippen LogP contribution in [0, 0.1) is 0 Å². The summed E-state index contributed by atoms with van der Waals surface area (Å²) in [6.45, 7) is 2.78. The summed E-state index contributed by atoms with van der Waals surface area (Å²) in [5.41, 5.74) is 1.25. The Bertz CT molecular complexity index is 555. The number of amides is 1. The highest BCUT2D eigenvalue weighted by Gasteiger charge is 2.07. The molecule has 4 nitrogen and oxygen atoms in total. The molecule has 2 aromatic rings. The van der Waals surface area contributed by atoms with Crippen molar-refractivity contribution in [1.82, 2.24) is 4.98 Å². The molecule has 1 heterocycles. The van der Waals surface area contributed by atoms with Gasteiger partial charge in [-0.1, -0.05) is 19.4 Å². The van der Waals surface area contributed by atoms with E-state index < -0.39 is 0 Å². The number of carbonyl (C=O) groups excluding carboxylic acids is 1. The topological polar surface area (TPSA) is 51.2 Å². The molecule has 0 unspecified atom stereocenters. The smallest absolute Gasteiger partial charge is 0.255 e. The molecule has 1 N–H and O–H groups in total. The number of pyridine rings is 1. The normalized spacial score (nSPS) is 10.1. The van der Waals surface area contributed by atoms with Gasteiger partial charge >= 0.3 is 0 Å². The van der Waals surface area contributed by atoms with E-state index >= 15 is 0 Å². The fourth-order valence-corrected chi connectivity index (χ4v) is 1.70. The summed E-state index contributed by atoms with van der Waals surface area (Å²) in [7, 11) is 0. The molecule has 0 atom stereocenters. The van der Waals surface area contributed by atoms with E-state index in [0.29, 0.717) is 17.9 Å². The van der Waals surface area contributed by atoms with Crippen LogP contribution in [-0.2, 0) is 0 Å². The van der Waals surface area contributed by atoms with Crippen LogP contribution in [0.4, 0.5) is 5.69 Å². The number of ether oxygens (including phenoxy) is 1. The molecule has 0 fully saturated rings. The molecule has 1 aromatic heterocycles. The van der Waals surface area contributed by atoms with Gasteiger partial charge in [0, 0.05) is 11.8 Å². The largest absolute Gasteiger partial charge is 0.494 e. The van der Waals surface area contributed by atoms with E-state index in [2.05, 4.69) is 17.2 Å². The van der Waals surface area contributed by atoms with Gasteiger partial charge in [-0.25, -0.2) is 0 Å². The molecule has 0 radical (unpaired) electrons. The van der Waals surface area contributed by atoms with E-state index in [9.17, 15) is 4.79 Å². The van der Waals surface area contributed by atoms with Crippen molar-refractivity contribution < 1.29 is 9.53 Å². The molecule has 0 aliphatic heterocycles. The van der Waals surface area contributed by atoms with Gasteiger partial charge in [-0.2, -0.15) is 0 Å². The second-order valence-electron chi connectivity index (χ2n) is 4.43. The Morgan fingerprint density at radius 3 is 2.95 bits per heavy atom. The Kier molecular flexibility index (Phi) is 5.12. The zero-order valence-electron chi connectivity index (χ0n) is 11.5. The van der Waals surface area contributed by atoms with Crippen LogP contribution in [-0.4, -0.2) is 17.5 Å². The zero-order chi connectivity index (χ0) is 14.2. The van der Waals surface area contributed by atoms with E-state index in [0.717, 1.165) is 18.6 Å². The molecule has 104 valence electrons. The lowest BCUT2D eigenvalue weighted by Gasteiger charge is -2.08. The highest BCUT2D eigenvalue weighted by atomic mass is 16.5. The zero-order valence-corrected chi connectivity index (χ0v) is 11.5. The Balaban J connectivity index is 2.01. The van der Waals surface area contributed by atoms with Crippen molar-refractivity contribution in [3.63, 3.8) is 0 Å². The van der Waals surface area contributed by atoms with Crippen molar-refractivity contribution in [3.05, 3.63) is 54.4 Å². The molecule has 0 bridgehead atoms. The van der Waals surface area contributed by atoms with Crippen LogP contribution in [0.15, 0.2) is 48.8 Å². The minimum atomic E-state index is -0.168. The monoisotopic (exact) mass is 270 g/mol. The fourth-order valence-electron chi connectivity index (χ4n) is 1.70. The lowest BCUT2D eigenvalue weighted by molar-refractivity contribution is 0.102. The summed E-state index contributed by atoms with van der Waals surface area (Å²) in [6, 6.07) is 10.8. The summed E-state index contributed by atoms with van der Waals surface area (Å²) in [5.74, 6) is 0.552. The second-order valence-corrected chi connectivity index (χ2v) is 4.43. The maximum absolute atomic E-state index is 12.1. The molecule has 2 rings (SSSR count). The summed E-state index contributed by atoms with van der Waals surface area (Å²) in [5, 5.41) is 2.80. The van der Waals surface area contributed by atoms with Gasteiger partial charge in [0.05, 0.1) is 18.5 Å². The summed E-state index contributed by atoms with van der Waals surface area (Å²) < 4.78 is 5.60. The number of hydrogen-bond acceptors (Lipinski definition) is 3. The summed E-state index contributed by atoms with van der Waals surface area (Å²) >= 11 is 0. The van der Waals surface area contributed by atoms with Crippen LogP contribution < -0.4 is 10.1 Å². The maximum atomic E-state index is 12.1. The Labute approximate surface area is 118 Å². The number of carbonyl (C=O) groups is 1. The van der Waals surface area contributed by atoms with E-state index in [-0.39, 0.29) is 5.91 Å². The van der Waals surface area contributed by atoms with Gasteiger partial charge in [0.15, 0.2) is 0 Å². The van der Waals surface area contributed by atoms with E-state index in [1.165, 1.54) is 0 Å². The third-order valence-corrected chi connectivity index (χ3v) is 2.78. The molecule has 1 amide bonds. The predicted molar refractivity (Wildman–Crippen MR) is 79.0 cm³/mol. The molecule has 20 heavy (non-hydrogen) atoms. The van der Waals surface area contributed by atoms with Gasteiger partial charge in [-0.15, -0.1) is 0 Å². The number of anilines is 1. The molecular formula is C16H18N2O2. The number of aromatic nitrogens is 1. The summed E-state index contributed by atoms with van der Waals surface area (Å²) in [4.78, 5) is 16.1. The van der Waals surface area contributed by atoms with Gasteiger partial charge in [0.2, 0.25) is 0 Å². The number of nitrogens with one attached hydrogen (secondary N) is 1. The maximum Gasteiger partial charge on any atom is 0.255 e. The van der Waals surface area contributed by atoms with Gasteiger partial charge in [0.1, 0.15) is 5.75 Å². The molecule has 0 saturated heterocycles. The first-order chi connectivity index (χ1) is 9.79. The quantitative estimate of drug-likeness (QED) is 0.817. The van der Waals surface area contributed by atoms with Crippen LogP contribution >= 0.6 is 0 Å². The lowest BCUT2D eigenvalue weighted by Crippen LogP contribution is -2.12. The summed E-state index contributed by atoms with van der Waals surface area (Å²) in [6.07, 6.45) is 5.37. The van der Waals surface area contributed by atoms with Crippen molar-refractivity contribution in [1.29, 1.82) is 0 Å². The average molecular weight is 270 g/mol. The number of hydrogen-bond donors (Lipinski definition) is 1. The first-order valence-corrected chi connectivity index (χ1v) is 6.74. The van der Waals surface area contributed by atoms with Crippen molar-refractivity contribution in [2.45, 2.75) is 19.8 Å². The molecule has 0 saturated carbocycles. The molecular weight excluding hydrogens is 252 g/mol. The third kappa shape index (κ3) is 4.09. The molecule has 1 aromatic carbocycles. The number of nitrogens with zero attached hydrogens (tertiary/aromatic N) is 1. The van der Waals surface area contributed by atoms with Crippen molar-refractivity contribution >= 4 is 11.6 Å². The van der Waals surface area contributed by atoms with Gasteiger partial charge in [-0.05, 0) is 36.8 Å². The van der Waals surface area contributed by atoms with E-state index in [1.54, 1.807) is 36.7 Å². The Hall–Kier alpha value is -2.36. The minimum absolute atomic E-state index is 0.168. The Morgan fingerprint density at radius 1 is 1.30 bits per heavy atom.